The van der Waals surface area contributed by atoms with Gasteiger partial charge < -0.3 is 30.0 Å². The number of pyridine rings is 1. The molecule has 2 aliphatic carbocycles. The summed E-state index contributed by atoms with van der Waals surface area (Å²) >= 11 is 0. The minimum absolute atomic E-state index is 0.00908. The van der Waals surface area contributed by atoms with Crippen molar-refractivity contribution in [2.24, 2.45) is 23.7 Å². The van der Waals surface area contributed by atoms with E-state index in [0.717, 1.165) is 16.9 Å². The van der Waals surface area contributed by atoms with Crippen molar-refractivity contribution < 1.29 is 52.9 Å². The van der Waals surface area contributed by atoms with E-state index >= 15 is 0 Å². The Hall–Kier alpha value is -5.90. The number of rotatable bonds is 12. The van der Waals surface area contributed by atoms with Crippen molar-refractivity contribution in [2.45, 2.75) is 96.2 Å². The van der Waals surface area contributed by atoms with Gasteiger partial charge in [-0.15, -0.1) is 0 Å². The number of carbonyl (C=O) groups is 7. The Morgan fingerprint density at radius 1 is 1.02 bits per heavy atom. The summed E-state index contributed by atoms with van der Waals surface area (Å²) in [6.45, 7) is 3.98. The van der Waals surface area contributed by atoms with Crippen molar-refractivity contribution in [1.29, 1.82) is 0 Å². The number of piperidine rings is 1. The van der Waals surface area contributed by atoms with Crippen LogP contribution < -0.4 is 20.7 Å². The number of carbonyl (C=O) groups excluding carboxylic acids is 7. The van der Waals surface area contributed by atoms with Gasteiger partial charge in [0.2, 0.25) is 11.8 Å². The van der Waals surface area contributed by atoms with Crippen LogP contribution in [0.1, 0.15) is 90.6 Å². The molecule has 0 radical (unpaired) electrons. The second-order valence-electron chi connectivity index (χ2n) is 15.8. The molecule has 16 heteroatoms. The lowest BCUT2D eigenvalue weighted by molar-refractivity contribution is -0.160. The number of imide groups is 2. The summed E-state index contributed by atoms with van der Waals surface area (Å²) in [5, 5.41) is 17.8. The van der Waals surface area contributed by atoms with Crippen molar-refractivity contribution in [3.63, 3.8) is 0 Å². The molecule has 58 heavy (non-hydrogen) atoms. The number of hydrogen-bond donors (Lipinski definition) is 4. The molecule has 3 aliphatic heterocycles. The van der Waals surface area contributed by atoms with E-state index in [0.29, 0.717) is 30.4 Å². The number of benzene rings is 1. The predicted octanol–water partition coefficient (Wildman–Crippen LogP) is 3.02. The SMILES string of the molecule is C[C@H]1C=C2C=C[C@H](C)[C@H](CC[C@@H]3C[C@@H](O)CC(=O)O3)[C@H]2[C@@H](OC(=O)NCc2cncc(CNC(=O)COc3cccc4c3C(=O)N(C3CCC(=O)NC3=O)C4=O)c2)C1. The molecule has 1 unspecified atom stereocenters. The minimum Gasteiger partial charge on any atom is -0.483 e. The third-order valence-corrected chi connectivity index (χ3v) is 11.5. The molecule has 2 saturated heterocycles. The highest BCUT2D eigenvalue weighted by atomic mass is 16.6. The highest BCUT2D eigenvalue weighted by Gasteiger charge is 2.46. The van der Waals surface area contributed by atoms with E-state index in [1.54, 1.807) is 18.5 Å². The monoisotopic (exact) mass is 797 g/mol. The third kappa shape index (κ3) is 8.96. The number of cyclic esters (lactones) is 1. The van der Waals surface area contributed by atoms with Gasteiger partial charge in [-0.05, 0) is 78.3 Å². The molecule has 1 aromatic carbocycles. The smallest absolute Gasteiger partial charge is 0.407 e. The number of allylic oxidation sites excluding steroid dienone is 3. The molecule has 0 bridgehead atoms. The number of aromatic nitrogens is 1. The van der Waals surface area contributed by atoms with Crippen LogP contribution in [0.4, 0.5) is 4.79 Å². The first kappa shape index (κ1) is 40.3. The molecule has 306 valence electrons. The summed E-state index contributed by atoms with van der Waals surface area (Å²) in [6, 6.07) is 5.05. The number of ether oxygens (including phenoxy) is 3. The summed E-state index contributed by atoms with van der Waals surface area (Å²) in [4.78, 5) is 93.5. The molecule has 7 rings (SSSR count). The maximum atomic E-state index is 13.3. The van der Waals surface area contributed by atoms with E-state index < -0.39 is 54.4 Å². The number of fused-ring (bicyclic) bond motifs is 2. The molecule has 16 nitrogen and oxygen atoms in total. The Bertz CT molecular complexity index is 2070. The van der Waals surface area contributed by atoms with E-state index in [9.17, 15) is 38.7 Å². The third-order valence-electron chi connectivity index (χ3n) is 11.5. The maximum Gasteiger partial charge on any atom is 0.407 e. The van der Waals surface area contributed by atoms with E-state index in [-0.39, 0.29) is 91.1 Å². The number of nitrogens with zero attached hydrogens (tertiary/aromatic N) is 2. The van der Waals surface area contributed by atoms with Crippen LogP contribution in [0, 0.1) is 23.7 Å². The maximum absolute atomic E-state index is 13.3. The van der Waals surface area contributed by atoms with Gasteiger partial charge in [-0.25, -0.2) is 4.79 Å². The summed E-state index contributed by atoms with van der Waals surface area (Å²) in [7, 11) is 0. The Kier molecular flexibility index (Phi) is 12.0. The molecule has 0 spiro atoms. The van der Waals surface area contributed by atoms with Gasteiger partial charge in [0, 0.05) is 44.2 Å². The predicted molar refractivity (Wildman–Crippen MR) is 203 cm³/mol. The highest BCUT2D eigenvalue weighted by Crippen LogP contribution is 2.45. The topological polar surface area (TPSA) is 220 Å². The number of alkyl carbamates (subject to hydrolysis) is 1. The molecule has 1 aromatic heterocycles. The lowest BCUT2D eigenvalue weighted by atomic mass is 9.65. The first-order chi connectivity index (χ1) is 27.8. The van der Waals surface area contributed by atoms with Crippen LogP contribution in [0.5, 0.6) is 5.75 Å². The van der Waals surface area contributed by atoms with Crippen molar-refractivity contribution in [2.75, 3.05) is 6.61 Å². The average molecular weight is 798 g/mol. The molecule has 0 saturated carbocycles. The van der Waals surface area contributed by atoms with E-state index in [1.807, 2.05) is 0 Å². The number of amides is 6. The molecule has 2 fully saturated rings. The number of esters is 1. The van der Waals surface area contributed by atoms with Crippen LogP contribution in [0.25, 0.3) is 0 Å². The normalized spacial score (nSPS) is 27.8. The molecular formula is C42H47N5O11. The Morgan fingerprint density at radius 3 is 2.55 bits per heavy atom. The van der Waals surface area contributed by atoms with Gasteiger partial charge >= 0.3 is 12.1 Å². The van der Waals surface area contributed by atoms with Crippen molar-refractivity contribution in [1.82, 2.24) is 25.8 Å². The Labute approximate surface area is 334 Å². The molecule has 4 heterocycles. The Balaban J connectivity index is 0.898. The highest BCUT2D eigenvalue weighted by molar-refractivity contribution is 6.24. The molecule has 2 aromatic rings. The van der Waals surface area contributed by atoms with E-state index in [4.69, 9.17) is 14.2 Å². The molecule has 6 amide bonds. The van der Waals surface area contributed by atoms with Crippen molar-refractivity contribution in [3.8, 4) is 5.75 Å². The van der Waals surface area contributed by atoms with Crippen molar-refractivity contribution in [3.05, 3.63) is 82.7 Å². The largest absolute Gasteiger partial charge is 0.483 e. The minimum atomic E-state index is -1.13. The summed E-state index contributed by atoms with van der Waals surface area (Å²) in [5.74, 6) is -2.97. The lowest BCUT2D eigenvalue weighted by Gasteiger charge is -2.43. The summed E-state index contributed by atoms with van der Waals surface area (Å²) in [5.41, 5.74) is 2.45. The van der Waals surface area contributed by atoms with E-state index in [1.165, 1.54) is 18.2 Å². The van der Waals surface area contributed by atoms with Gasteiger partial charge in [0.25, 0.3) is 17.7 Å². The van der Waals surface area contributed by atoms with Crippen LogP contribution in [0.3, 0.4) is 0 Å². The van der Waals surface area contributed by atoms with Crippen molar-refractivity contribution >= 4 is 41.6 Å². The van der Waals surface area contributed by atoms with Crippen LogP contribution >= 0.6 is 0 Å². The quantitative estimate of drug-likeness (QED) is 0.180. The molecule has 8 atom stereocenters. The van der Waals surface area contributed by atoms with Gasteiger partial charge in [0.05, 0.1) is 23.7 Å². The van der Waals surface area contributed by atoms with Gasteiger partial charge in [-0.2, -0.15) is 0 Å². The standard InChI is InChI=1S/C42H47N5O11/c1-22-12-26-7-6-23(2)29(9-8-28-15-27(48)16-36(51)57-28)37(26)33(13-22)58-42(55)45-20-25-14-24(17-43-18-25)19-44-35(50)21-56-32-5-3-4-30-38(32)41(54)47(40(30)53)31-10-11-34(49)46-39(31)52/h3-7,12,14,17-18,22-23,27-29,31,33,37,48H,8-11,13,15-16,19-21H2,1-2H3,(H,44,50)(H,45,55)(H,46,49,52)/t22-,23-,27+,28+,29-,31?,33-,37-/m0/s1. The second-order valence-corrected chi connectivity index (χ2v) is 15.8. The average Bonchev–Trinajstić information content (AvgIpc) is 3.43. The molecule has 4 N–H and O–H groups in total. The molecular weight excluding hydrogens is 750 g/mol. The first-order valence-corrected chi connectivity index (χ1v) is 19.7. The zero-order valence-corrected chi connectivity index (χ0v) is 32.3. The number of nitrogens with one attached hydrogen (secondary N) is 3. The molecule has 5 aliphatic rings. The van der Waals surface area contributed by atoms with Crippen LogP contribution in [-0.2, 0) is 41.7 Å². The summed E-state index contributed by atoms with van der Waals surface area (Å²) in [6.07, 6.45) is 10.2. The second kappa shape index (κ2) is 17.3. The number of aliphatic hydroxyl groups excluding tert-OH is 1. The Morgan fingerprint density at radius 2 is 1.79 bits per heavy atom. The number of hydrogen-bond acceptors (Lipinski definition) is 12. The van der Waals surface area contributed by atoms with E-state index in [2.05, 4.69) is 53.0 Å². The van der Waals surface area contributed by atoms with Gasteiger partial charge in [-0.3, -0.25) is 44.0 Å². The lowest BCUT2D eigenvalue weighted by Crippen LogP contribution is -2.54. The first-order valence-electron chi connectivity index (χ1n) is 19.7. The number of aliphatic hydroxyl groups is 1. The van der Waals surface area contributed by atoms with Crippen LogP contribution in [0.2, 0.25) is 0 Å². The fourth-order valence-electron chi connectivity index (χ4n) is 8.73. The van der Waals surface area contributed by atoms with Gasteiger partial charge in [0.15, 0.2) is 6.61 Å². The van der Waals surface area contributed by atoms with Crippen LogP contribution in [0.15, 0.2) is 60.5 Å². The van der Waals surface area contributed by atoms with Gasteiger partial charge in [0.1, 0.15) is 24.0 Å². The summed E-state index contributed by atoms with van der Waals surface area (Å²) < 4.78 is 17.3. The zero-order chi connectivity index (χ0) is 41.1. The fourth-order valence-corrected chi connectivity index (χ4v) is 8.73. The van der Waals surface area contributed by atoms with Crippen LogP contribution in [-0.4, -0.2) is 87.5 Å². The zero-order valence-electron chi connectivity index (χ0n) is 32.3. The fraction of sp³-hybridized carbons (Fsp3) is 0.476. The van der Waals surface area contributed by atoms with Gasteiger partial charge in [-0.1, -0.05) is 38.1 Å².